The highest BCUT2D eigenvalue weighted by atomic mass is 19.1. The molecule has 1 aromatic heterocycles. The Kier molecular flexibility index (Phi) is 3.22. The van der Waals surface area contributed by atoms with Crippen LogP contribution in [-0.2, 0) is 0 Å². The second-order valence-corrected chi connectivity index (χ2v) is 6.03. The second kappa shape index (κ2) is 5.25. The number of fused-ring (bicyclic) bond motifs is 2. The van der Waals surface area contributed by atoms with Crippen LogP contribution in [0.2, 0.25) is 0 Å². The highest BCUT2D eigenvalue weighted by Crippen LogP contribution is 2.29. The summed E-state index contributed by atoms with van der Waals surface area (Å²) in [5, 5.41) is 6.54. The van der Waals surface area contributed by atoms with E-state index in [-0.39, 0.29) is 17.8 Å². The van der Waals surface area contributed by atoms with E-state index in [9.17, 15) is 9.18 Å². The van der Waals surface area contributed by atoms with Gasteiger partial charge in [0.05, 0.1) is 0 Å². The maximum Gasteiger partial charge on any atom is 0.287 e. The van der Waals surface area contributed by atoms with E-state index >= 15 is 0 Å². The van der Waals surface area contributed by atoms with E-state index in [1.165, 1.54) is 18.6 Å². The van der Waals surface area contributed by atoms with Crippen molar-refractivity contribution in [2.45, 2.75) is 37.4 Å². The number of amides is 1. The predicted molar refractivity (Wildman–Crippen MR) is 79.9 cm³/mol. The summed E-state index contributed by atoms with van der Waals surface area (Å²) in [5.74, 6) is 0.378. The van der Waals surface area contributed by atoms with Crippen molar-refractivity contribution in [1.82, 2.24) is 10.6 Å². The molecule has 2 bridgehead atoms. The minimum atomic E-state index is -0.294. The molecular weight excluding hydrogens is 283 g/mol. The number of carbonyl (C=O) groups excluding carboxylic acids is 1. The molecule has 2 aliphatic heterocycles. The number of carbonyl (C=O) groups is 1. The van der Waals surface area contributed by atoms with E-state index in [0.29, 0.717) is 23.6 Å². The SMILES string of the molecule is O=C(N[C@@H]1C[C@@H]2CC[C@@H]1N2)c1ccc(-c2ccc(F)cc2)o1. The molecule has 0 spiro atoms. The molecule has 3 heterocycles. The molecule has 0 aliphatic carbocycles. The molecule has 0 saturated carbocycles. The van der Waals surface area contributed by atoms with Gasteiger partial charge in [0.1, 0.15) is 11.6 Å². The van der Waals surface area contributed by atoms with Gasteiger partial charge < -0.3 is 15.1 Å². The number of furan rings is 1. The molecule has 2 fully saturated rings. The molecule has 0 unspecified atom stereocenters. The van der Waals surface area contributed by atoms with Crippen LogP contribution in [0.3, 0.4) is 0 Å². The first-order chi connectivity index (χ1) is 10.7. The monoisotopic (exact) mass is 300 g/mol. The lowest BCUT2D eigenvalue weighted by atomic mass is 9.95. The molecular formula is C17H17FN2O2. The Morgan fingerprint density at radius 1 is 1.18 bits per heavy atom. The van der Waals surface area contributed by atoms with E-state index in [2.05, 4.69) is 10.6 Å². The fraction of sp³-hybridized carbons (Fsp3) is 0.353. The molecule has 2 saturated heterocycles. The molecule has 1 amide bonds. The summed E-state index contributed by atoms with van der Waals surface area (Å²) in [6, 6.07) is 10.5. The number of benzene rings is 1. The zero-order chi connectivity index (χ0) is 15.1. The third-order valence-corrected chi connectivity index (χ3v) is 4.58. The number of rotatable bonds is 3. The van der Waals surface area contributed by atoms with Gasteiger partial charge in [0.2, 0.25) is 0 Å². The second-order valence-electron chi connectivity index (χ2n) is 6.03. The molecule has 22 heavy (non-hydrogen) atoms. The average Bonchev–Trinajstić information content (AvgIpc) is 3.24. The van der Waals surface area contributed by atoms with Crippen molar-refractivity contribution in [2.75, 3.05) is 0 Å². The Morgan fingerprint density at radius 2 is 2.00 bits per heavy atom. The Hall–Kier alpha value is -2.14. The Balaban J connectivity index is 1.46. The van der Waals surface area contributed by atoms with Gasteiger partial charge in [0.15, 0.2) is 5.76 Å². The lowest BCUT2D eigenvalue weighted by molar-refractivity contribution is 0.0903. The lowest BCUT2D eigenvalue weighted by Gasteiger charge is -2.20. The molecule has 4 nitrogen and oxygen atoms in total. The smallest absolute Gasteiger partial charge is 0.287 e. The van der Waals surface area contributed by atoms with Crippen molar-refractivity contribution in [3.8, 4) is 11.3 Å². The van der Waals surface area contributed by atoms with E-state index in [1.54, 1.807) is 24.3 Å². The summed E-state index contributed by atoms with van der Waals surface area (Å²) >= 11 is 0. The topological polar surface area (TPSA) is 54.3 Å². The Morgan fingerprint density at radius 3 is 2.68 bits per heavy atom. The van der Waals surface area contributed by atoms with Gasteiger partial charge in [-0.05, 0) is 55.7 Å². The number of halogens is 1. The van der Waals surface area contributed by atoms with Crippen LogP contribution in [0.25, 0.3) is 11.3 Å². The molecule has 4 rings (SSSR count). The Bertz CT molecular complexity index is 695. The van der Waals surface area contributed by atoms with Gasteiger partial charge in [0, 0.05) is 23.7 Å². The molecule has 3 atom stereocenters. The first kappa shape index (κ1) is 13.5. The molecule has 5 heteroatoms. The molecule has 114 valence electrons. The minimum absolute atomic E-state index is 0.186. The van der Waals surface area contributed by atoms with E-state index < -0.39 is 0 Å². The van der Waals surface area contributed by atoms with Crippen LogP contribution >= 0.6 is 0 Å². The van der Waals surface area contributed by atoms with Crippen molar-refractivity contribution < 1.29 is 13.6 Å². The first-order valence-electron chi connectivity index (χ1n) is 7.62. The lowest BCUT2D eigenvalue weighted by Crippen LogP contribution is -2.42. The van der Waals surface area contributed by atoms with Crippen molar-refractivity contribution in [3.05, 3.63) is 48.0 Å². The standard InChI is InChI=1S/C17H17FN2O2/c18-11-3-1-10(2-4-11)15-7-8-16(22-15)17(21)20-14-9-12-5-6-13(14)19-12/h1-4,7-8,12-14,19H,5-6,9H2,(H,20,21)/t12-,13-,14+/m0/s1. The maximum atomic E-state index is 12.9. The summed E-state index contributed by atoms with van der Waals surface area (Å²) in [4.78, 5) is 12.3. The minimum Gasteiger partial charge on any atom is -0.451 e. The van der Waals surface area contributed by atoms with Crippen LogP contribution in [0.1, 0.15) is 29.8 Å². The molecule has 2 N–H and O–H groups in total. The van der Waals surface area contributed by atoms with Crippen LogP contribution in [0.4, 0.5) is 4.39 Å². The summed E-state index contributed by atoms with van der Waals surface area (Å²) in [6.07, 6.45) is 3.31. The van der Waals surface area contributed by atoms with E-state index in [4.69, 9.17) is 4.42 Å². The van der Waals surface area contributed by atoms with Crippen molar-refractivity contribution in [1.29, 1.82) is 0 Å². The third-order valence-electron chi connectivity index (χ3n) is 4.58. The van der Waals surface area contributed by atoms with Crippen LogP contribution in [0, 0.1) is 5.82 Å². The van der Waals surface area contributed by atoms with Gasteiger partial charge in [-0.2, -0.15) is 0 Å². The number of hydrogen-bond donors (Lipinski definition) is 2. The maximum absolute atomic E-state index is 12.9. The van der Waals surface area contributed by atoms with Crippen LogP contribution < -0.4 is 10.6 Å². The summed E-state index contributed by atoms with van der Waals surface area (Å²) < 4.78 is 18.5. The average molecular weight is 300 g/mol. The highest BCUT2D eigenvalue weighted by molar-refractivity contribution is 5.92. The van der Waals surface area contributed by atoms with Gasteiger partial charge >= 0.3 is 0 Å². The quantitative estimate of drug-likeness (QED) is 0.916. The van der Waals surface area contributed by atoms with Gasteiger partial charge in [-0.15, -0.1) is 0 Å². The predicted octanol–water partition coefficient (Wildman–Crippen LogP) is 2.71. The zero-order valence-electron chi connectivity index (χ0n) is 12.0. The van der Waals surface area contributed by atoms with Crippen molar-refractivity contribution >= 4 is 5.91 Å². The molecule has 1 aromatic carbocycles. The zero-order valence-corrected chi connectivity index (χ0v) is 12.0. The fourth-order valence-electron chi connectivity index (χ4n) is 3.45. The third kappa shape index (κ3) is 2.41. The van der Waals surface area contributed by atoms with Gasteiger partial charge in [-0.25, -0.2) is 4.39 Å². The summed E-state index contributed by atoms with van der Waals surface area (Å²) in [7, 11) is 0. The van der Waals surface area contributed by atoms with Crippen LogP contribution in [0.5, 0.6) is 0 Å². The van der Waals surface area contributed by atoms with Gasteiger partial charge in [-0.1, -0.05) is 0 Å². The van der Waals surface area contributed by atoms with E-state index in [1.807, 2.05) is 0 Å². The Labute approximate surface area is 127 Å². The number of hydrogen-bond acceptors (Lipinski definition) is 3. The van der Waals surface area contributed by atoms with Crippen molar-refractivity contribution in [2.24, 2.45) is 0 Å². The first-order valence-corrected chi connectivity index (χ1v) is 7.62. The molecule has 2 aliphatic rings. The van der Waals surface area contributed by atoms with Crippen LogP contribution in [0.15, 0.2) is 40.8 Å². The van der Waals surface area contributed by atoms with Gasteiger partial charge in [0.25, 0.3) is 5.91 Å². The number of nitrogens with one attached hydrogen (secondary N) is 2. The summed E-state index contributed by atoms with van der Waals surface area (Å²) in [6.45, 7) is 0. The summed E-state index contributed by atoms with van der Waals surface area (Å²) in [5.41, 5.74) is 0.752. The normalized spacial score (nSPS) is 26.3. The van der Waals surface area contributed by atoms with Crippen molar-refractivity contribution in [3.63, 3.8) is 0 Å². The van der Waals surface area contributed by atoms with E-state index in [0.717, 1.165) is 18.4 Å². The van der Waals surface area contributed by atoms with Gasteiger partial charge in [-0.3, -0.25) is 4.79 Å². The highest BCUT2D eigenvalue weighted by Gasteiger charge is 2.39. The fourth-order valence-corrected chi connectivity index (χ4v) is 3.45. The van der Waals surface area contributed by atoms with Crippen LogP contribution in [-0.4, -0.2) is 24.0 Å². The molecule has 2 aromatic rings. The largest absolute Gasteiger partial charge is 0.451 e. The molecule has 0 radical (unpaired) electrons.